The van der Waals surface area contributed by atoms with Gasteiger partial charge in [-0.3, -0.25) is 9.78 Å². The first-order valence-corrected chi connectivity index (χ1v) is 6.88. The molecule has 0 bridgehead atoms. The van der Waals surface area contributed by atoms with E-state index in [0.717, 1.165) is 5.56 Å². The van der Waals surface area contributed by atoms with Crippen LogP contribution in [0, 0.1) is 6.92 Å². The zero-order chi connectivity index (χ0) is 15.4. The van der Waals surface area contributed by atoms with E-state index in [1.807, 2.05) is 6.92 Å². The highest BCUT2D eigenvalue weighted by Crippen LogP contribution is 2.18. The number of nitrogens with zero attached hydrogens (tertiary/aromatic N) is 3. The SMILES string of the molecule is C=CCN1CC[C@@H](N(C)C(=O)Nc2ccncc2C)C1=O. The number of pyridine rings is 1. The summed E-state index contributed by atoms with van der Waals surface area (Å²) in [6.45, 7) is 6.68. The van der Waals surface area contributed by atoms with Crippen LogP contribution in [0.15, 0.2) is 31.1 Å². The number of nitrogens with one attached hydrogen (secondary N) is 1. The van der Waals surface area contributed by atoms with Gasteiger partial charge in [-0.1, -0.05) is 6.08 Å². The Morgan fingerprint density at radius 3 is 3.10 bits per heavy atom. The first-order valence-electron chi connectivity index (χ1n) is 6.88. The lowest BCUT2D eigenvalue weighted by Crippen LogP contribution is -2.44. The van der Waals surface area contributed by atoms with E-state index in [2.05, 4.69) is 16.9 Å². The van der Waals surface area contributed by atoms with Crippen LogP contribution in [-0.4, -0.2) is 52.9 Å². The Labute approximate surface area is 124 Å². The number of rotatable bonds is 4. The van der Waals surface area contributed by atoms with Crippen molar-refractivity contribution in [3.05, 3.63) is 36.7 Å². The van der Waals surface area contributed by atoms with Crippen molar-refractivity contribution < 1.29 is 9.59 Å². The van der Waals surface area contributed by atoms with Gasteiger partial charge in [-0.15, -0.1) is 6.58 Å². The summed E-state index contributed by atoms with van der Waals surface area (Å²) in [5, 5.41) is 2.81. The number of hydrogen-bond acceptors (Lipinski definition) is 3. The number of aryl methyl sites for hydroxylation is 1. The molecule has 0 unspecified atom stereocenters. The molecule has 1 aromatic rings. The minimum atomic E-state index is -0.410. The standard InChI is InChI=1S/C15H20N4O2/c1-4-8-19-9-6-13(14(19)20)18(3)15(21)17-12-5-7-16-10-11(12)2/h4-5,7,10,13H,1,6,8-9H2,2-3H3,(H,16,17,21)/t13-/m1/s1. The molecule has 0 spiro atoms. The fourth-order valence-electron chi connectivity index (χ4n) is 2.38. The second kappa shape index (κ2) is 6.39. The number of aromatic nitrogens is 1. The summed E-state index contributed by atoms with van der Waals surface area (Å²) >= 11 is 0. The molecule has 1 N–H and O–H groups in total. The van der Waals surface area contributed by atoms with Crippen LogP contribution in [0.1, 0.15) is 12.0 Å². The van der Waals surface area contributed by atoms with Crippen LogP contribution in [0.4, 0.5) is 10.5 Å². The van der Waals surface area contributed by atoms with E-state index in [-0.39, 0.29) is 11.9 Å². The van der Waals surface area contributed by atoms with Gasteiger partial charge in [-0.05, 0) is 25.0 Å². The third-order valence-corrected chi connectivity index (χ3v) is 3.67. The Kier molecular flexibility index (Phi) is 4.57. The van der Waals surface area contributed by atoms with Crippen molar-refractivity contribution in [2.24, 2.45) is 0 Å². The Bertz CT molecular complexity index is 558. The molecule has 1 fully saturated rings. The van der Waals surface area contributed by atoms with Crippen molar-refractivity contribution >= 4 is 17.6 Å². The van der Waals surface area contributed by atoms with E-state index in [0.29, 0.717) is 25.2 Å². The first kappa shape index (κ1) is 15.0. The van der Waals surface area contributed by atoms with Crippen LogP contribution in [-0.2, 0) is 4.79 Å². The van der Waals surface area contributed by atoms with Gasteiger partial charge in [-0.25, -0.2) is 4.79 Å². The van der Waals surface area contributed by atoms with Crippen molar-refractivity contribution in [3.63, 3.8) is 0 Å². The van der Waals surface area contributed by atoms with Gasteiger partial charge in [0, 0.05) is 38.2 Å². The van der Waals surface area contributed by atoms with Gasteiger partial charge in [0.2, 0.25) is 5.91 Å². The van der Waals surface area contributed by atoms with Gasteiger partial charge < -0.3 is 15.1 Å². The van der Waals surface area contributed by atoms with Crippen LogP contribution in [0.3, 0.4) is 0 Å². The minimum absolute atomic E-state index is 0.0287. The average Bonchev–Trinajstić information content (AvgIpc) is 2.82. The van der Waals surface area contributed by atoms with E-state index in [4.69, 9.17) is 0 Å². The number of likely N-dealkylation sites (N-methyl/N-ethyl adjacent to an activating group) is 1. The van der Waals surface area contributed by atoms with Crippen LogP contribution in [0.5, 0.6) is 0 Å². The third-order valence-electron chi connectivity index (χ3n) is 3.67. The second-order valence-electron chi connectivity index (χ2n) is 5.11. The quantitative estimate of drug-likeness (QED) is 0.857. The molecule has 0 saturated carbocycles. The smallest absolute Gasteiger partial charge is 0.322 e. The third kappa shape index (κ3) is 3.21. The van der Waals surface area contributed by atoms with Gasteiger partial charge in [0.05, 0.1) is 0 Å². The van der Waals surface area contributed by atoms with Crippen molar-refractivity contribution in [1.29, 1.82) is 0 Å². The first-order chi connectivity index (χ1) is 10.0. The zero-order valence-electron chi connectivity index (χ0n) is 12.4. The summed E-state index contributed by atoms with van der Waals surface area (Å²) in [7, 11) is 1.64. The highest BCUT2D eigenvalue weighted by molar-refractivity contribution is 5.94. The predicted molar refractivity (Wildman–Crippen MR) is 80.9 cm³/mol. The molecule has 1 aliphatic rings. The molecule has 3 amide bonds. The predicted octanol–water partition coefficient (Wildman–Crippen LogP) is 1.64. The van der Waals surface area contributed by atoms with Crippen molar-refractivity contribution in [2.75, 3.05) is 25.5 Å². The number of carbonyl (C=O) groups excluding carboxylic acids is 2. The Morgan fingerprint density at radius 2 is 2.43 bits per heavy atom. The van der Waals surface area contributed by atoms with Gasteiger partial charge in [-0.2, -0.15) is 0 Å². The minimum Gasteiger partial charge on any atom is -0.337 e. The topological polar surface area (TPSA) is 65.5 Å². The molecule has 2 rings (SSSR count). The molecule has 2 heterocycles. The van der Waals surface area contributed by atoms with Crippen molar-refractivity contribution in [1.82, 2.24) is 14.8 Å². The summed E-state index contributed by atoms with van der Waals surface area (Å²) < 4.78 is 0. The Balaban J connectivity index is 2.02. The lowest BCUT2D eigenvalue weighted by molar-refractivity contribution is -0.130. The van der Waals surface area contributed by atoms with Gasteiger partial charge in [0.25, 0.3) is 0 Å². The Morgan fingerprint density at radius 1 is 1.67 bits per heavy atom. The molecule has 0 radical (unpaired) electrons. The van der Waals surface area contributed by atoms with Crippen molar-refractivity contribution in [2.45, 2.75) is 19.4 Å². The lowest BCUT2D eigenvalue weighted by atomic mass is 10.2. The van der Waals surface area contributed by atoms with E-state index >= 15 is 0 Å². The molecular formula is C15H20N4O2. The second-order valence-corrected chi connectivity index (χ2v) is 5.11. The number of urea groups is 1. The molecular weight excluding hydrogens is 268 g/mol. The molecule has 1 aliphatic heterocycles. The molecule has 6 nitrogen and oxygen atoms in total. The molecule has 0 aliphatic carbocycles. The highest BCUT2D eigenvalue weighted by Gasteiger charge is 2.35. The molecule has 21 heavy (non-hydrogen) atoms. The number of hydrogen-bond donors (Lipinski definition) is 1. The molecule has 0 aromatic carbocycles. The van der Waals surface area contributed by atoms with Crippen LogP contribution in [0.25, 0.3) is 0 Å². The van der Waals surface area contributed by atoms with E-state index in [9.17, 15) is 9.59 Å². The summed E-state index contributed by atoms with van der Waals surface area (Å²) in [5.41, 5.74) is 1.58. The van der Waals surface area contributed by atoms with E-state index in [1.165, 1.54) is 4.90 Å². The maximum Gasteiger partial charge on any atom is 0.322 e. The fourth-order valence-corrected chi connectivity index (χ4v) is 2.38. The van der Waals surface area contributed by atoms with E-state index < -0.39 is 6.04 Å². The largest absolute Gasteiger partial charge is 0.337 e. The maximum absolute atomic E-state index is 12.3. The van der Waals surface area contributed by atoms with Crippen LogP contribution in [0.2, 0.25) is 0 Å². The summed E-state index contributed by atoms with van der Waals surface area (Å²) in [4.78, 5) is 31.6. The van der Waals surface area contributed by atoms with Gasteiger partial charge in [0.15, 0.2) is 0 Å². The van der Waals surface area contributed by atoms with Gasteiger partial charge >= 0.3 is 6.03 Å². The normalized spacial score (nSPS) is 17.7. The molecule has 1 saturated heterocycles. The van der Waals surface area contributed by atoms with Gasteiger partial charge in [0.1, 0.15) is 6.04 Å². The summed E-state index contributed by atoms with van der Waals surface area (Å²) in [5.74, 6) is -0.0287. The zero-order valence-corrected chi connectivity index (χ0v) is 12.4. The number of likely N-dealkylation sites (tertiary alicyclic amines) is 1. The monoisotopic (exact) mass is 288 g/mol. The van der Waals surface area contributed by atoms with Crippen LogP contribution < -0.4 is 5.32 Å². The summed E-state index contributed by atoms with van der Waals surface area (Å²) in [6, 6.07) is 1.04. The highest BCUT2D eigenvalue weighted by atomic mass is 16.2. The molecule has 6 heteroatoms. The molecule has 1 aromatic heterocycles. The Hall–Kier alpha value is -2.37. The molecule has 1 atom stereocenters. The average molecular weight is 288 g/mol. The number of amides is 3. The number of anilines is 1. The molecule has 112 valence electrons. The summed E-state index contributed by atoms with van der Waals surface area (Å²) in [6.07, 6.45) is 5.64. The fraction of sp³-hybridized carbons (Fsp3) is 0.400. The van der Waals surface area contributed by atoms with Crippen molar-refractivity contribution in [3.8, 4) is 0 Å². The lowest BCUT2D eigenvalue weighted by Gasteiger charge is -2.24. The van der Waals surface area contributed by atoms with Crippen LogP contribution >= 0.6 is 0 Å². The van der Waals surface area contributed by atoms with E-state index in [1.54, 1.807) is 36.5 Å². The maximum atomic E-state index is 12.3. The number of carbonyl (C=O) groups is 2.